The summed E-state index contributed by atoms with van der Waals surface area (Å²) in [4.78, 5) is 31.5. The van der Waals surface area contributed by atoms with Gasteiger partial charge in [-0.1, -0.05) is 48.5 Å². The van der Waals surface area contributed by atoms with Gasteiger partial charge in [0.15, 0.2) is 5.82 Å². The summed E-state index contributed by atoms with van der Waals surface area (Å²) < 4.78 is 84.5. The quantitative estimate of drug-likeness (QED) is 0.189. The Kier molecular flexibility index (Phi) is 9.36. The van der Waals surface area contributed by atoms with Gasteiger partial charge in [0.1, 0.15) is 36.4 Å². The molecule has 7 rings (SSSR count). The minimum Gasteiger partial charge on any atom is -0.461 e. The number of pyridine rings is 1. The number of carbonyl (C=O) groups is 1. The van der Waals surface area contributed by atoms with Crippen LogP contribution in [-0.4, -0.2) is 87.9 Å². The molecule has 51 heavy (non-hydrogen) atoms. The van der Waals surface area contributed by atoms with Gasteiger partial charge in [-0.15, -0.1) is 0 Å². The highest BCUT2D eigenvalue weighted by Gasteiger charge is 2.49. The highest BCUT2D eigenvalue weighted by molar-refractivity contribution is 5.92. The number of amides is 1. The van der Waals surface area contributed by atoms with Crippen molar-refractivity contribution in [1.82, 2.24) is 24.8 Å². The molecule has 0 saturated carbocycles. The fourth-order valence-corrected chi connectivity index (χ4v) is 7.47. The van der Waals surface area contributed by atoms with Gasteiger partial charge in [0.05, 0.1) is 35.0 Å². The lowest BCUT2D eigenvalue weighted by Gasteiger charge is -2.40. The van der Waals surface area contributed by atoms with E-state index in [-0.39, 0.29) is 75.0 Å². The average molecular weight is 708 g/mol. The molecule has 15 heteroatoms. The molecule has 0 aliphatic carbocycles. The van der Waals surface area contributed by atoms with Gasteiger partial charge >= 0.3 is 18.3 Å². The normalized spacial score (nSPS) is 22.2. The van der Waals surface area contributed by atoms with Gasteiger partial charge < -0.3 is 19.3 Å². The molecule has 2 aromatic heterocycles. The van der Waals surface area contributed by atoms with Crippen molar-refractivity contribution >= 4 is 22.8 Å². The smallest absolute Gasteiger partial charge is 0.417 e. The van der Waals surface area contributed by atoms with E-state index in [1.165, 1.54) is 23.2 Å². The molecule has 0 N–H and O–H groups in total. The molecule has 0 unspecified atom stereocenters. The van der Waals surface area contributed by atoms with E-state index in [0.29, 0.717) is 13.0 Å². The van der Waals surface area contributed by atoms with Gasteiger partial charge in [-0.05, 0) is 31.0 Å². The molecule has 0 radical (unpaired) electrons. The van der Waals surface area contributed by atoms with Gasteiger partial charge in [-0.3, -0.25) is 9.88 Å². The molecular formula is C36H34F5N7O3. The second-order valence-electron chi connectivity index (χ2n) is 13.1. The molecule has 1 amide bonds. The van der Waals surface area contributed by atoms with E-state index in [9.17, 15) is 27.6 Å². The van der Waals surface area contributed by atoms with Crippen LogP contribution >= 0.6 is 0 Å². The van der Waals surface area contributed by atoms with E-state index < -0.39 is 52.7 Å². The number of alkyl halides is 4. The molecule has 4 aromatic rings. The molecule has 0 bridgehead atoms. The van der Waals surface area contributed by atoms with E-state index in [1.807, 2.05) is 35.2 Å². The van der Waals surface area contributed by atoms with Crippen LogP contribution in [0.5, 0.6) is 6.01 Å². The van der Waals surface area contributed by atoms with Gasteiger partial charge in [-0.2, -0.15) is 28.4 Å². The first-order chi connectivity index (χ1) is 24.6. The molecule has 0 spiro atoms. The summed E-state index contributed by atoms with van der Waals surface area (Å²) in [6.45, 7) is 1.50. The first-order valence-electron chi connectivity index (χ1n) is 16.7. The number of nitrogens with zero attached hydrogens (tertiary/aromatic N) is 7. The number of hydrogen-bond donors (Lipinski definition) is 0. The highest BCUT2D eigenvalue weighted by Crippen LogP contribution is 2.42. The van der Waals surface area contributed by atoms with Crippen LogP contribution in [0.15, 0.2) is 60.8 Å². The number of benzene rings is 2. The molecule has 266 valence electrons. The lowest BCUT2D eigenvalue weighted by Crippen LogP contribution is -2.55. The van der Waals surface area contributed by atoms with Crippen molar-refractivity contribution < 1.29 is 36.2 Å². The first-order valence-corrected chi connectivity index (χ1v) is 16.7. The molecule has 3 aliphatic heterocycles. The van der Waals surface area contributed by atoms with Crippen molar-refractivity contribution in [3.63, 3.8) is 0 Å². The summed E-state index contributed by atoms with van der Waals surface area (Å²) in [5.74, 6) is -0.924. The number of carbonyl (C=O) groups excluding carboxylic acids is 1. The Morgan fingerprint density at radius 2 is 1.82 bits per heavy atom. The molecule has 2 aromatic carbocycles. The van der Waals surface area contributed by atoms with Crippen molar-refractivity contribution in [3.8, 4) is 23.3 Å². The zero-order valence-corrected chi connectivity index (χ0v) is 27.5. The predicted octanol–water partition coefficient (Wildman–Crippen LogP) is 6.55. The third-order valence-corrected chi connectivity index (χ3v) is 9.91. The molecule has 5 heterocycles. The lowest BCUT2D eigenvalue weighted by atomic mass is 9.95. The summed E-state index contributed by atoms with van der Waals surface area (Å²) in [5, 5.41) is 9.76. The second-order valence-corrected chi connectivity index (χ2v) is 13.1. The Hall–Kier alpha value is -5.10. The zero-order chi connectivity index (χ0) is 35.8. The zero-order valence-electron chi connectivity index (χ0n) is 27.5. The number of rotatable bonds is 8. The van der Waals surface area contributed by atoms with Crippen LogP contribution in [0.3, 0.4) is 0 Å². The lowest BCUT2D eigenvalue weighted by molar-refractivity contribution is -0.137. The van der Waals surface area contributed by atoms with Crippen LogP contribution in [0.1, 0.15) is 36.8 Å². The molecule has 3 fully saturated rings. The number of fused-ring (bicyclic) bond motifs is 2. The van der Waals surface area contributed by atoms with E-state index in [0.717, 1.165) is 24.1 Å². The number of nitriles is 1. The standard InChI is InChI=1S/C36H34F5N7O3/c37-24-17-35(12-6-14-47(35)19-24)22-51-33-44-31-27(18-43-30(29(31)38)26-9-4-5-10-28(26)36(39,40)41)32(45-33)46-15-16-48(25(20-46)11-13-42)34(49)50-21-23-7-2-1-3-8-23/h1-5,7-10,18,24-25H,6,11-12,14-17,19-22H2/t24-,25+,35+/m1/s1. The Morgan fingerprint density at radius 3 is 2.61 bits per heavy atom. The van der Waals surface area contributed by atoms with Gasteiger partial charge in [-0.25, -0.2) is 13.6 Å². The Bertz CT molecular complexity index is 1960. The van der Waals surface area contributed by atoms with Crippen LogP contribution in [0.25, 0.3) is 22.2 Å². The van der Waals surface area contributed by atoms with Crippen LogP contribution in [0.2, 0.25) is 0 Å². The number of ether oxygens (including phenoxy) is 2. The fourth-order valence-electron chi connectivity index (χ4n) is 7.47. The fraction of sp³-hybridized carbons (Fsp3) is 0.417. The predicted molar refractivity (Wildman–Crippen MR) is 176 cm³/mol. The highest BCUT2D eigenvalue weighted by atomic mass is 19.4. The van der Waals surface area contributed by atoms with E-state index in [1.54, 1.807) is 4.90 Å². The molecule has 10 nitrogen and oxygen atoms in total. The van der Waals surface area contributed by atoms with Crippen LogP contribution in [-0.2, 0) is 17.5 Å². The third-order valence-electron chi connectivity index (χ3n) is 9.91. The maximum Gasteiger partial charge on any atom is 0.417 e. The van der Waals surface area contributed by atoms with Gasteiger partial charge in [0.25, 0.3) is 0 Å². The van der Waals surface area contributed by atoms with Crippen molar-refractivity contribution in [2.45, 2.75) is 56.2 Å². The van der Waals surface area contributed by atoms with E-state index in [4.69, 9.17) is 9.47 Å². The monoisotopic (exact) mass is 707 g/mol. The summed E-state index contributed by atoms with van der Waals surface area (Å²) in [6, 6.07) is 15.0. The van der Waals surface area contributed by atoms with E-state index >= 15 is 4.39 Å². The van der Waals surface area contributed by atoms with Crippen molar-refractivity contribution in [1.29, 1.82) is 5.26 Å². The Balaban J connectivity index is 1.24. The summed E-state index contributed by atoms with van der Waals surface area (Å²) >= 11 is 0. The number of anilines is 1. The maximum atomic E-state index is 16.5. The second kappa shape index (κ2) is 13.9. The van der Waals surface area contributed by atoms with Gasteiger partial charge in [0, 0.05) is 44.4 Å². The Morgan fingerprint density at radius 1 is 1.04 bits per heavy atom. The summed E-state index contributed by atoms with van der Waals surface area (Å²) in [5.41, 5.74) is -2.14. The molecule has 3 saturated heterocycles. The summed E-state index contributed by atoms with van der Waals surface area (Å²) in [7, 11) is 0. The largest absolute Gasteiger partial charge is 0.461 e. The SMILES string of the molecule is N#CC[C@H]1CN(c2nc(OC[C@@]34CCCN3C[C@H](F)C4)nc3c(F)c(-c4ccccc4C(F)(F)F)ncc23)CCN1C(=O)OCc1ccccc1. The minimum absolute atomic E-state index is 0.0346. The van der Waals surface area contributed by atoms with Crippen LogP contribution < -0.4 is 9.64 Å². The van der Waals surface area contributed by atoms with Crippen molar-refractivity contribution in [2.24, 2.45) is 0 Å². The molecule has 3 aliphatic rings. The summed E-state index contributed by atoms with van der Waals surface area (Å²) in [6.07, 6.45) is -3.39. The number of piperazine rings is 1. The number of aromatic nitrogens is 3. The minimum atomic E-state index is -4.77. The number of halogens is 5. The Labute approximate surface area is 290 Å². The third kappa shape index (κ3) is 6.84. The molecule has 3 atom stereocenters. The molecular weight excluding hydrogens is 673 g/mol. The van der Waals surface area contributed by atoms with Crippen LogP contribution in [0.4, 0.5) is 32.6 Å². The van der Waals surface area contributed by atoms with Crippen LogP contribution in [0, 0.1) is 17.1 Å². The number of hydrogen-bond acceptors (Lipinski definition) is 9. The topological polar surface area (TPSA) is 108 Å². The van der Waals surface area contributed by atoms with Gasteiger partial charge in [0.2, 0.25) is 0 Å². The van der Waals surface area contributed by atoms with E-state index in [2.05, 4.69) is 21.0 Å². The first kappa shape index (κ1) is 34.4. The average Bonchev–Trinajstić information content (AvgIpc) is 3.65. The maximum absolute atomic E-state index is 16.5. The van der Waals surface area contributed by atoms with Crippen molar-refractivity contribution in [2.75, 3.05) is 44.2 Å². The van der Waals surface area contributed by atoms with Crippen molar-refractivity contribution in [3.05, 3.63) is 77.7 Å².